The fourth-order valence-electron chi connectivity index (χ4n) is 3.06. The van der Waals surface area contributed by atoms with E-state index in [1.807, 2.05) is 31.3 Å². The lowest BCUT2D eigenvalue weighted by Gasteiger charge is -2.19. The molecule has 120 valence electrons. The molecule has 0 aliphatic rings. The molecule has 3 heteroatoms. The van der Waals surface area contributed by atoms with E-state index in [1.54, 1.807) is 0 Å². The van der Waals surface area contributed by atoms with Gasteiger partial charge in [0.1, 0.15) is 5.58 Å². The number of furan rings is 1. The van der Waals surface area contributed by atoms with Crippen molar-refractivity contribution in [1.29, 1.82) is 0 Å². The predicted octanol–water partition coefficient (Wildman–Crippen LogP) is 5.65. The van der Waals surface area contributed by atoms with Crippen LogP contribution in [-0.4, -0.2) is 9.97 Å². The van der Waals surface area contributed by atoms with Crippen molar-refractivity contribution in [2.24, 2.45) is 0 Å². The van der Waals surface area contributed by atoms with E-state index in [9.17, 15) is 0 Å². The van der Waals surface area contributed by atoms with Crippen molar-refractivity contribution in [3.8, 4) is 11.3 Å². The van der Waals surface area contributed by atoms with Crippen LogP contribution in [0, 0.1) is 6.92 Å². The topological polar surface area (TPSA) is 38.9 Å². The van der Waals surface area contributed by atoms with E-state index in [2.05, 4.69) is 55.0 Å². The van der Waals surface area contributed by atoms with Gasteiger partial charge in [-0.15, -0.1) is 0 Å². The molecule has 0 aliphatic carbocycles. The summed E-state index contributed by atoms with van der Waals surface area (Å²) in [4.78, 5) is 9.13. The Hall–Kier alpha value is -2.68. The molecule has 0 fully saturated rings. The van der Waals surface area contributed by atoms with E-state index in [-0.39, 0.29) is 5.41 Å². The van der Waals surface area contributed by atoms with Gasteiger partial charge >= 0.3 is 0 Å². The number of rotatable bonds is 1. The molecule has 3 nitrogen and oxygen atoms in total. The first-order valence-corrected chi connectivity index (χ1v) is 8.19. The second kappa shape index (κ2) is 5.17. The van der Waals surface area contributed by atoms with E-state index >= 15 is 0 Å². The molecule has 4 rings (SSSR count). The highest BCUT2D eigenvalue weighted by molar-refractivity contribution is 6.11. The highest BCUT2D eigenvalue weighted by Gasteiger charge is 2.17. The Morgan fingerprint density at radius 2 is 1.83 bits per heavy atom. The van der Waals surface area contributed by atoms with Gasteiger partial charge in [0.25, 0.3) is 0 Å². The predicted molar refractivity (Wildman–Crippen MR) is 98.2 cm³/mol. The number of hydrogen-bond donors (Lipinski definition) is 0. The van der Waals surface area contributed by atoms with Crippen molar-refractivity contribution in [3.63, 3.8) is 0 Å². The number of fused-ring (bicyclic) bond motifs is 3. The maximum Gasteiger partial charge on any atom is 0.227 e. The van der Waals surface area contributed by atoms with Gasteiger partial charge in [-0.2, -0.15) is 0 Å². The number of hydrogen-bond acceptors (Lipinski definition) is 3. The van der Waals surface area contributed by atoms with Gasteiger partial charge in [0.15, 0.2) is 0 Å². The molecule has 3 heterocycles. The van der Waals surface area contributed by atoms with Gasteiger partial charge in [-0.05, 0) is 48.2 Å². The van der Waals surface area contributed by atoms with Crippen molar-refractivity contribution in [2.75, 3.05) is 0 Å². The van der Waals surface area contributed by atoms with Crippen LogP contribution in [0.25, 0.3) is 33.3 Å². The summed E-state index contributed by atoms with van der Waals surface area (Å²) in [5.74, 6) is 0. The van der Waals surface area contributed by atoms with Crippen molar-refractivity contribution >= 4 is 22.1 Å². The minimum absolute atomic E-state index is 0.0860. The van der Waals surface area contributed by atoms with Crippen LogP contribution in [0.2, 0.25) is 0 Å². The molecule has 0 spiro atoms. The van der Waals surface area contributed by atoms with Gasteiger partial charge in [-0.1, -0.05) is 32.9 Å². The van der Waals surface area contributed by atoms with Gasteiger partial charge in [0.2, 0.25) is 5.71 Å². The zero-order chi connectivity index (χ0) is 16.9. The molecule has 0 amide bonds. The Morgan fingerprint density at radius 3 is 2.62 bits per heavy atom. The number of aromatic nitrogens is 2. The van der Waals surface area contributed by atoms with E-state index in [0.29, 0.717) is 5.71 Å². The molecule has 0 radical (unpaired) electrons. The van der Waals surface area contributed by atoms with Crippen LogP contribution in [0.3, 0.4) is 0 Å². The van der Waals surface area contributed by atoms with E-state index in [4.69, 9.17) is 4.42 Å². The first-order chi connectivity index (χ1) is 11.4. The molecule has 0 saturated carbocycles. The Balaban J connectivity index is 2.02. The monoisotopic (exact) mass is 316 g/mol. The molecule has 1 aromatic carbocycles. The average Bonchev–Trinajstić information content (AvgIpc) is 2.91. The fraction of sp³-hybridized carbons (Fsp3) is 0.238. The van der Waals surface area contributed by atoms with Gasteiger partial charge < -0.3 is 4.42 Å². The van der Waals surface area contributed by atoms with Crippen LogP contribution < -0.4 is 0 Å². The lowest BCUT2D eigenvalue weighted by Crippen LogP contribution is -2.11. The number of nitrogens with zero attached hydrogens (tertiary/aromatic N) is 2. The highest BCUT2D eigenvalue weighted by Crippen LogP contribution is 2.36. The Kier molecular flexibility index (Phi) is 3.20. The second-order valence-corrected chi connectivity index (χ2v) is 7.27. The van der Waals surface area contributed by atoms with E-state index in [0.717, 1.165) is 33.3 Å². The minimum Gasteiger partial charge on any atom is -0.438 e. The summed E-state index contributed by atoms with van der Waals surface area (Å²) in [6.07, 6.45) is 1.89. The average molecular weight is 316 g/mol. The smallest absolute Gasteiger partial charge is 0.227 e. The maximum atomic E-state index is 5.95. The summed E-state index contributed by atoms with van der Waals surface area (Å²) in [6, 6.07) is 14.5. The molecule has 0 atom stereocenters. The zero-order valence-corrected chi connectivity index (χ0v) is 14.4. The van der Waals surface area contributed by atoms with Crippen LogP contribution in [0.1, 0.15) is 32.0 Å². The maximum absolute atomic E-state index is 5.95. The molecular formula is C21H20N2O. The highest BCUT2D eigenvalue weighted by atomic mass is 16.3. The van der Waals surface area contributed by atoms with Crippen LogP contribution in [0.4, 0.5) is 0 Å². The summed E-state index contributed by atoms with van der Waals surface area (Å²) < 4.78 is 5.95. The van der Waals surface area contributed by atoms with Gasteiger partial charge in [0, 0.05) is 28.2 Å². The second-order valence-electron chi connectivity index (χ2n) is 7.27. The third-order valence-corrected chi connectivity index (χ3v) is 4.40. The Labute approximate surface area is 141 Å². The van der Waals surface area contributed by atoms with Crippen molar-refractivity contribution in [1.82, 2.24) is 9.97 Å². The quantitative estimate of drug-likeness (QED) is 0.455. The third kappa shape index (κ3) is 2.37. The summed E-state index contributed by atoms with van der Waals surface area (Å²) in [5.41, 5.74) is 5.90. The van der Waals surface area contributed by atoms with E-state index in [1.165, 1.54) is 5.56 Å². The van der Waals surface area contributed by atoms with Gasteiger partial charge in [0.05, 0.1) is 5.69 Å². The number of benzene rings is 1. The van der Waals surface area contributed by atoms with Crippen molar-refractivity contribution in [3.05, 3.63) is 59.9 Å². The fourth-order valence-corrected chi connectivity index (χ4v) is 3.06. The third-order valence-electron chi connectivity index (χ3n) is 4.40. The first kappa shape index (κ1) is 14.9. The molecule has 4 aromatic rings. The first-order valence-electron chi connectivity index (χ1n) is 8.19. The summed E-state index contributed by atoms with van der Waals surface area (Å²) in [5, 5.41) is 2.12. The molecular weight excluding hydrogens is 296 g/mol. The molecule has 3 aromatic heterocycles. The largest absolute Gasteiger partial charge is 0.438 e. The van der Waals surface area contributed by atoms with Crippen LogP contribution >= 0.6 is 0 Å². The molecule has 0 bridgehead atoms. The lowest BCUT2D eigenvalue weighted by molar-refractivity contribution is 0.589. The standard InChI is InChI=1S/C21H20N2O/c1-13-8-9-16-19-15(6-5-7-18(19)24-20(16)23-13)17-12-14(10-11-22-17)21(2,3)4/h5-12H,1-4H3. The lowest BCUT2D eigenvalue weighted by atomic mass is 9.86. The SMILES string of the molecule is Cc1ccc2c(n1)oc1cccc(-c3cc(C(C)(C)C)ccn3)c12. The van der Waals surface area contributed by atoms with Gasteiger partial charge in [-0.3, -0.25) is 4.98 Å². The Morgan fingerprint density at radius 1 is 1.00 bits per heavy atom. The molecule has 0 aliphatic heterocycles. The van der Waals surface area contributed by atoms with E-state index < -0.39 is 0 Å². The summed E-state index contributed by atoms with van der Waals surface area (Å²) >= 11 is 0. The van der Waals surface area contributed by atoms with Crippen LogP contribution in [-0.2, 0) is 5.41 Å². The number of aryl methyl sites for hydroxylation is 1. The van der Waals surface area contributed by atoms with Crippen molar-refractivity contribution < 1.29 is 4.42 Å². The summed E-state index contributed by atoms with van der Waals surface area (Å²) in [6.45, 7) is 8.62. The van der Waals surface area contributed by atoms with Crippen molar-refractivity contribution in [2.45, 2.75) is 33.1 Å². The molecule has 0 saturated heterocycles. The normalized spacial score (nSPS) is 12.2. The molecule has 24 heavy (non-hydrogen) atoms. The van der Waals surface area contributed by atoms with Crippen LogP contribution in [0.5, 0.6) is 0 Å². The summed E-state index contributed by atoms with van der Waals surface area (Å²) in [7, 11) is 0. The minimum atomic E-state index is 0.0860. The Bertz CT molecular complexity index is 1050. The van der Waals surface area contributed by atoms with Crippen LogP contribution in [0.15, 0.2) is 53.1 Å². The molecule has 0 N–H and O–H groups in total. The van der Waals surface area contributed by atoms with Gasteiger partial charge in [-0.25, -0.2) is 4.98 Å². The number of pyridine rings is 2. The zero-order valence-electron chi connectivity index (χ0n) is 14.4. The molecule has 0 unspecified atom stereocenters.